The Labute approximate surface area is 249 Å². The zero-order chi connectivity index (χ0) is 28.8. The molecular weight excluding hydrogens is 531 g/mol. The Balaban J connectivity index is 2.26. The maximum absolute atomic E-state index is 9.28. The third-order valence-electron chi connectivity index (χ3n) is 7.17. The highest BCUT2D eigenvalue weighted by atomic mass is 32.1. The topological polar surface area (TPSA) is 45.5 Å². The van der Waals surface area contributed by atoms with Crippen LogP contribution in [0.3, 0.4) is 0 Å². The third kappa shape index (κ3) is 8.19. The smallest absolute Gasteiger partial charge is 0.259 e. The Morgan fingerprint density at radius 2 is 1.25 bits per heavy atom. The van der Waals surface area contributed by atoms with Gasteiger partial charge in [0.1, 0.15) is 0 Å². The average Bonchev–Trinajstić information content (AvgIpc) is 2.97. The van der Waals surface area contributed by atoms with E-state index in [1.807, 2.05) is 0 Å². The summed E-state index contributed by atoms with van der Waals surface area (Å²) in [4.78, 5) is 0. The van der Waals surface area contributed by atoms with Crippen LogP contribution in [0.1, 0.15) is 76.5 Å². The molecule has 4 nitrogen and oxygen atoms in total. The molecule has 6 heteroatoms. The number of nitrogens with zero attached hydrogens (tertiary/aromatic N) is 2. The molecule has 40 heavy (non-hydrogen) atoms. The van der Waals surface area contributed by atoms with Crippen LogP contribution < -0.4 is 0 Å². The van der Waals surface area contributed by atoms with E-state index in [4.69, 9.17) is 9.05 Å². The van der Waals surface area contributed by atoms with Gasteiger partial charge in [-0.25, -0.2) is 4.67 Å². The van der Waals surface area contributed by atoms with Crippen LogP contribution in [0.15, 0.2) is 91.0 Å². The second kappa shape index (κ2) is 16.9. The van der Waals surface area contributed by atoms with E-state index in [1.54, 1.807) is 0 Å². The lowest BCUT2D eigenvalue weighted by Gasteiger charge is -2.45. The molecule has 0 heterocycles. The Hall–Kier alpha value is -2.19. The number of thiol groups is 1. The molecule has 0 aliphatic carbocycles. The Bertz CT molecular complexity index is 1030. The Morgan fingerprint density at radius 1 is 0.775 bits per heavy atom. The molecule has 0 bridgehead atoms. The molecule has 2 atom stereocenters. The van der Waals surface area contributed by atoms with Crippen LogP contribution in [-0.4, -0.2) is 35.2 Å². The van der Waals surface area contributed by atoms with Crippen molar-refractivity contribution in [2.75, 3.05) is 12.4 Å². The summed E-state index contributed by atoms with van der Waals surface area (Å²) in [6.07, 6.45) is 4.15. The summed E-state index contributed by atoms with van der Waals surface area (Å²) in [5.74, 6) is 0.880. The molecule has 0 aliphatic rings. The molecule has 0 saturated heterocycles. The van der Waals surface area contributed by atoms with Gasteiger partial charge in [-0.15, -0.1) is 0 Å². The summed E-state index contributed by atoms with van der Waals surface area (Å²) < 4.78 is 16.1. The van der Waals surface area contributed by atoms with E-state index in [0.29, 0.717) is 13.0 Å². The lowest BCUT2D eigenvalue weighted by Crippen LogP contribution is -2.45. The number of hydrogen-bond acceptors (Lipinski definition) is 5. The van der Waals surface area contributed by atoms with E-state index in [9.17, 15) is 5.26 Å². The highest BCUT2D eigenvalue weighted by Crippen LogP contribution is 2.54. The molecular formula is C34H45N2O2PS. The lowest BCUT2D eigenvalue weighted by atomic mass is 9.65. The van der Waals surface area contributed by atoms with Crippen LogP contribution in [0.4, 0.5) is 0 Å². The lowest BCUT2D eigenvalue weighted by molar-refractivity contribution is 0.0935. The standard InChI is InChI=1S/C34H45N2O2PS/c1-28(2)36(29(3)4)39(37-26-17-25-35)38-33(24-15-8-16-27-40)34(30-18-9-5-10-19-30,31-20-11-6-12-21-31)32-22-13-7-14-23-32/h5-7,9-14,18-23,28-29,33,40H,8,15-17,24,26-27H2,1-4H3. The van der Waals surface area contributed by atoms with Gasteiger partial charge in [-0.3, -0.25) is 0 Å². The number of unbranched alkanes of at least 4 members (excludes halogenated alkanes) is 2. The minimum absolute atomic E-state index is 0.215. The van der Waals surface area contributed by atoms with E-state index in [2.05, 4.69) is 142 Å². The summed E-state index contributed by atoms with van der Waals surface area (Å²) in [5.41, 5.74) is 3.02. The molecule has 0 radical (unpaired) electrons. The van der Waals surface area contributed by atoms with Crippen LogP contribution in [0.25, 0.3) is 0 Å². The second-order valence-corrected chi connectivity index (χ2v) is 12.5. The van der Waals surface area contributed by atoms with Crippen molar-refractivity contribution in [1.29, 1.82) is 5.26 Å². The van der Waals surface area contributed by atoms with E-state index in [-0.39, 0.29) is 18.2 Å². The fourth-order valence-corrected chi connectivity index (χ4v) is 7.54. The predicted octanol–water partition coefficient (Wildman–Crippen LogP) is 9.17. The summed E-state index contributed by atoms with van der Waals surface area (Å²) in [6.45, 7) is 9.10. The molecule has 214 valence electrons. The molecule has 2 unspecified atom stereocenters. The molecule has 0 saturated carbocycles. The van der Waals surface area contributed by atoms with Gasteiger partial charge in [0.15, 0.2) is 0 Å². The fourth-order valence-electron chi connectivity index (χ4n) is 5.53. The first-order valence-electron chi connectivity index (χ1n) is 14.5. The van der Waals surface area contributed by atoms with E-state index >= 15 is 0 Å². The largest absolute Gasteiger partial charge is 0.321 e. The van der Waals surface area contributed by atoms with E-state index in [0.717, 1.165) is 31.4 Å². The van der Waals surface area contributed by atoms with Crippen molar-refractivity contribution in [3.63, 3.8) is 0 Å². The molecule has 0 amide bonds. The van der Waals surface area contributed by atoms with Crippen LogP contribution in [0.5, 0.6) is 0 Å². The van der Waals surface area contributed by atoms with Crippen molar-refractivity contribution in [2.24, 2.45) is 0 Å². The van der Waals surface area contributed by atoms with Gasteiger partial charge in [0, 0.05) is 12.1 Å². The molecule has 0 fully saturated rings. The first-order valence-corrected chi connectivity index (χ1v) is 16.3. The van der Waals surface area contributed by atoms with Gasteiger partial charge in [-0.05, 0) is 63.0 Å². The molecule has 0 aromatic heterocycles. The maximum atomic E-state index is 9.28. The number of rotatable bonds is 17. The minimum Gasteiger partial charge on any atom is -0.321 e. The Morgan fingerprint density at radius 3 is 1.65 bits per heavy atom. The third-order valence-corrected chi connectivity index (χ3v) is 9.63. The second-order valence-electron chi connectivity index (χ2n) is 10.6. The number of nitriles is 1. The normalized spacial score (nSPS) is 13.5. The van der Waals surface area contributed by atoms with Crippen LogP contribution >= 0.6 is 21.2 Å². The van der Waals surface area contributed by atoms with Gasteiger partial charge in [-0.2, -0.15) is 17.9 Å². The monoisotopic (exact) mass is 576 g/mol. The zero-order valence-electron chi connectivity index (χ0n) is 24.4. The molecule has 3 aromatic carbocycles. The van der Waals surface area contributed by atoms with Crippen molar-refractivity contribution in [3.05, 3.63) is 108 Å². The SMILES string of the molecule is CC(C)N(C(C)C)P(OCCC#N)OC(CCCCCS)C(c1ccccc1)(c1ccccc1)c1ccccc1. The molecule has 3 rings (SSSR count). The van der Waals surface area contributed by atoms with Crippen molar-refractivity contribution in [1.82, 2.24) is 4.67 Å². The van der Waals surface area contributed by atoms with Crippen LogP contribution in [0, 0.1) is 11.3 Å². The number of benzene rings is 3. The minimum atomic E-state index is -1.45. The van der Waals surface area contributed by atoms with Gasteiger partial charge < -0.3 is 9.05 Å². The van der Waals surface area contributed by atoms with E-state index in [1.165, 1.54) is 16.7 Å². The molecule has 0 aliphatic heterocycles. The summed E-state index contributed by atoms with van der Waals surface area (Å²) >= 11 is 4.47. The van der Waals surface area contributed by atoms with Crippen molar-refractivity contribution in [2.45, 2.75) is 83.4 Å². The number of hydrogen-bond donors (Lipinski definition) is 1. The Kier molecular flexibility index (Phi) is 13.7. The quantitative estimate of drug-likeness (QED) is 0.0753. The van der Waals surface area contributed by atoms with Gasteiger partial charge in [0.05, 0.1) is 30.6 Å². The predicted molar refractivity (Wildman–Crippen MR) is 172 cm³/mol. The average molecular weight is 577 g/mol. The van der Waals surface area contributed by atoms with Crippen molar-refractivity contribution in [3.8, 4) is 6.07 Å². The first kappa shape index (κ1) is 32.3. The molecule has 3 aromatic rings. The van der Waals surface area contributed by atoms with Crippen molar-refractivity contribution < 1.29 is 9.05 Å². The van der Waals surface area contributed by atoms with Crippen LogP contribution in [0.2, 0.25) is 0 Å². The van der Waals surface area contributed by atoms with Crippen LogP contribution in [-0.2, 0) is 14.5 Å². The summed E-state index contributed by atoms with van der Waals surface area (Å²) in [5, 5.41) is 9.28. The van der Waals surface area contributed by atoms with E-state index < -0.39 is 13.9 Å². The van der Waals surface area contributed by atoms with Gasteiger partial charge in [-0.1, -0.05) is 104 Å². The van der Waals surface area contributed by atoms with Gasteiger partial charge >= 0.3 is 0 Å². The summed E-state index contributed by atoms with van der Waals surface area (Å²) in [6, 6.07) is 35.0. The molecule has 0 spiro atoms. The maximum Gasteiger partial charge on any atom is 0.259 e. The zero-order valence-corrected chi connectivity index (χ0v) is 26.2. The first-order chi connectivity index (χ1) is 19.5. The molecule has 0 N–H and O–H groups in total. The van der Waals surface area contributed by atoms with Gasteiger partial charge in [0.2, 0.25) is 0 Å². The summed E-state index contributed by atoms with van der Waals surface area (Å²) in [7, 11) is -1.45. The van der Waals surface area contributed by atoms with Crippen molar-refractivity contribution >= 4 is 21.2 Å². The highest BCUT2D eigenvalue weighted by Gasteiger charge is 2.46. The van der Waals surface area contributed by atoms with Gasteiger partial charge in [0.25, 0.3) is 8.53 Å². The fraction of sp³-hybridized carbons (Fsp3) is 0.441. The highest BCUT2D eigenvalue weighted by molar-refractivity contribution is 7.80.